The van der Waals surface area contributed by atoms with Gasteiger partial charge in [0.15, 0.2) is 0 Å². The van der Waals surface area contributed by atoms with Crippen LogP contribution in [-0.4, -0.2) is 18.7 Å². The van der Waals surface area contributed by atoms with Gasteiger partial charge in [0.05, 0.1) is 10.1 Å². The van der Waals surface area contributed by atoms with Crippen LogP contribution in [0.5, 0.6) is 0 Å². The SMILES string of the molecule is O=S(=O)([O-])CC1CCCCC1.[Na+]. The van der Waals surface area contributed by atoms with Crippen molar-refractivity contribution in [2.75, 3.05) is 5.75 Å². The van der Waals surface area contributed by atoms with Gasteiger partial charge in [0.25, 0.3) is 0 Å². The Labute approximate surface area is 96.0 Å². The van der Waals surface area contributed by atoms with Crippen LogP contribution in [0, 0.1) is 5.92 Å². The van der Waals surface area contributed by atoms with E-state index in [0.717, 1.165) is 25.7 Å². The summed E-state index contributed by atoms with van der Waals surface area (Å²) in [5, 5.41) is 0. The van der Waals surface area contributed by atoms with Gasteiger partial charge in [-0.15, -0.1) is 0 Å². The van der Waals surface area contributed by atoms with E-state index in [0.29, 0.717) is 0 Å². The molecule has 0 N–H and O–H groups in total. The van der Waals surface area contributed by atoms with E-state index in [9.17, 15) is 13.0 Å². The summed E-state index contributed by atoms with van der Waals surface area (Å²) < 4.78 is 31.0. The van der Waals surface area contributed by atoms with Crippen molar-refractivity contribution in [3.8, 4) is 0 Å². The summed E-state index contributed by atoms with van der Waals surface area (Å²) in [4.78, 5) is 0. The Morgan fingerprint density at radius 2 is 1.67 bits per heavy atom. The van der Waals surface area contributed by atoms with Crippen LogP contribution < -0.4 is 29.6 Å². The molecule has 1 aliphatic carbocycles. The molecule has 0 atom stereocenters. The second kappa shape index (κ2) is 5.60. The largest absolute Gasteiger partial charge is 1.00 e. The van der Waals surface area contributed by atoms with Crippen molar-refractivity contribution in [3.05, 3.63) is 0 Å². The van der Waals surface area contributed by atoms with E-state index >= 15 is 0 Å². The number of hydrogen-bond acceptors (Lipinski definition) is 3. The van der Waals surface area contributed by atoms with E-state index in [1.807, 2.05) is 0 Å². The van der Waals surface area contributed by atoms with Gasteiger partial charge >= 0.3 is 29.6 Å². The minimum absolute atomic E-state index is 0. The molecule has 66 valence electrons. The Kier molecular flexibility index (Phi) is 6.03. The standard InChI is InChI=1S/C7H14O3S.Na/c8-11(9,10)6-7-4-2-1-3-5-7;/h7H,1-6H2,(H,8,9,10);/q;+1/p-1. The molecule has 0 spiro atoms. The molecule has 12 heavy (non-hydrogen) atoms. The third kappa shape index (κ3) is 5.54. The van der Waals surface area contributed by atoms with Crippen LogP contribution in [0.2, 0.25) is 0 Å². The maximum Gasteiger partial charge on any atom is 1.00 e. The van der Waals surface area contributed by atoms with Crippen molar-refractivity contribution in [3.63, 3.8) is 0 Å². The molecule has 0 saturated heterocycles. The molecule has 0 radical (unpaired) electrons. The Balaban J connectivity index is 0.00000121. The van der Waals surface area contributed by atoms with Crippen molar-refractivity contribution >= 4 is 10.1 Å². The third-order valence-electron chi connectivity index (χ3n) is 2.16. The first kappa shape index (κ1) is 12.9. The van der Waals surface area contributed by atoms with E-state index in [-0.39, 0.29) is 41.2 Å². The topological polar surface area (TPSA) is 57.2 Å². The Bertz CT molecular complexity index is 207. The summed E-state index contributed by atoms with van der Waals surface area (Å²) >= 11 is 0. The van der Waals surface area contributed by atoms with Crippen LogP contribution in [0.25, 0.3) is 0 Å². The fourth-order valence-electron chi connectivity index (χ4n) is 1.64. The molecule has 0 aromatic carbocycles. The van der Waals surface area contributed by atoms with Crippen molar-refractivity contribution in [2.24, 2.45) is 5.92 Å². The molecule has 1 fully saturated rings. The fraction of sp³-hybridized carbons (Fsp3) is 1.00. The Morgan fingerprint density at radius 1 is 1.17 bits per heavy atom. The van der Waals surface area contributed by atoms with Crippen LogP contribution in [0.4, 0.5) is 0 Å². The van der Waals surface area contributed by atoms with E-state index in [1.54, 1.807) is 0 Å². The molecule has 0 amide bonds. The molecule has 0 bridgehead atoms. The molecular weight excluding hydrogens is 187 g/mol. The average molecular weight is 200 g/mol. The summed E-state index contributed by atoms with van der Waals surface area (Å²) in [6, 6.07) is 0. The van der Waals surface area contributed by atoms with Gasteiger partial charge in [-0.05, 0) is 18.8 Å². The molecule has 5 heteroatoms. The minimum Gasteiger partial charge on any atom is -0.748 e. The molecule has 0 unspecified atom stereocenters. The van der Waals surface area contributed by atoms with Gasteiger partial charge in [-0.2, -0.15) is 0 Å². The summed E-state index contributed by atoms with van der Waals surface area (Å²) in [7, 11) is -3.97. The molecule has 0 aromatic heterocycles. The van der Waals surface area contributed by atoms with E-state index in [4.69, 9.17) is 0 Å². The van der Waals surface area contributed by atoms with Gasteiger partial charge in [-0.1, -0.05) is 19.3 Å². The average Bonchev–Trinajstić information content (AvgIpc) is 1.85. The minimum atomic E-state index is -3.97. The first-order valence-corrected chi connectivity index (χ1v) is 5.59. The first-order valence-electron chi connectivity index (χ1n) is 4.01. The van der Waals surface area contributed by atoms with Crippen LogP contribution >= 0.6 is 0 Å². The molecule has 3 nitrogen and oxygen atoms in total. The van der Waals surface area contributed by atoms with Crippen molar-refractivity contribution in [2.45, 2.75) is 32.1 Å². The molecule has 0 aromatic rings. The second-order valence-corrected chi connectivity index (χ2v) is 4.68. The summed E-state index contributed by atoms with van der Waals surface area (Å²) in [5.41, 5.74) is 0. The van der Waals surface area contributed by atoms with Crippen molar-refractivity contribution in [1.82, 2.24) is 0 Å². The van der Waals surface area contributed by atoms with E-state index < -0.39 is 10.1 Å². The summed E-state index contributed by atoms with van der Waals surface area (Å²) in [5.74, 6) is -0.00116. The zero-order chi connectivity index (χ0) is 8.32. The van der Waals surface area contributed by atoms with Gasteiger partial charge < -0.3 is 4.55 Å². The van der Waals surface area contributed by atoms with Crippen molar-refractivity contribution in [1.29, 1.82) is 0 Å². The van der Waals surface area contributed by atoms with Crippen molar-refractivity contribution < 1.29 is 42.5 Å². The van der Waals surface area contributed by atoms with Gasteiger partial charge in [0, 0.05) is 5.75 Å². The van der Waals surface area contributed by atoms with E-state index in [2.05, 4.69) is 0 Å². The van der Waals surface area contributed by atoms with E-state index in [1.165, 1.54) is 6.42 Å². The third-order valence-corrected chi connectivity index (χ3v) is 3.04. The number of hydrogen-bond donors (Lipinski definition) is 0. The van der Waals surface area contributed by atoms with Gasteiger partial charge in [0.2, 0.25) is 0 Å². The zero-order valence-corrected chi connectivity index (χ0v) is 10.3. The normalized spacial score (nSPS) is 20.1. The monoisotopic (exact) mass is 200 g/mol. The maximum absolute atomic E-state index is 10.3. The number of rotatable bonds is 2. The maximum atomic E-state index is 10.3. The van der Waals surface area contributed by atoms with Crippen LogP contribution in [-0.2, 0) is 10.1 Å². The molecule has 1 aliphatic rings. The molecule has 0 heterocycles. The summed E-state index contributed by atoms with van der Waals surface area (Å²) in [6.07, 6.45) is 5.19. The van der Waals surface area contributed by atoms with Gasteiger partial charge in [-0.25, -0.2) is 8.42 Å². The molecular formula is C7H13NaO3S. The molecule has 1 saturated carbocycles. The van der Waals surface area contributed by atoms with Crippen LogP contribution in [0.1, 0.15) is 32.1 Å². The molecule has 0 aliphatic heterocycles. The Morgan fingerprint density at radius 3 is 2.08 bits per heavy atom. The van der Waals surface area contributed by atoms with Gasteiger partial charge in [-0.3, -0.25) is 0 Å². The quantitative estimate of drug-likeness (QED) is 0.387. The fourth-order valence-corrected chi connectivity index (χ4v) is 2.55. The summed E-state index contributed by atoms with van der Waals surface area (Å²) in [6.45, 7) is 0. The van der Waals surface area contributed by atoms with Crippen LogP contribution in [0.15, 0.2) is 0 Å². The second-order valence-electron chi connectivity index (χ2n) is 3.23. The molecule has 1 rings (SSSR count). The predicted octanol–water partition coefficient (Wildman–Crippen LogP) is -1.88. The van der Waals surface area contributed by atoms with Crippen LogP contribution in [0.3, 0.4) is 0 Å². The smallest absolute Gasteiger partial charge is 0.748 e. The first-order chi connectivity index (χ1) is 5.08. The van der Waals surface area contributed by atoms with Gasteiger partial charge in [0.1, 0.15) is 0 Å². The Hall–Kier alpha value is 0.910. The zero-order valence-electron chi connectivity index (χ0n) is 7.45. The predicted molar refractivity (Wildman–Crippen MR) is 41.1 cm³/mol.